The highest BCUT2D eigenvalue weighted by Crippen LogP contribution is 2.18. The second kappa shape index (κ2) is 6.73. The van der Waals surface area contributed by atoms with Crippen LogP contribution in [0.25, 0.3) is 0 Å². The Labute approximate surface area is 115 Å². The lowest BCUT2D eigenvalue weighted by Gasteiger charge is -2.13. The fourth-order valence-electron chi connectivity index (χ4n) is 1.58. The van der Waals surface area contributed by atoms with E-state index >= 15 is 0 Å². The number of phenols is 1. The fourth-order valence-corrected chi connectivity index (χ4v) is 2.49. The second-order valence-electron chi connectivity index (χ2n) is 4.60. The van der Waals surface area contributed by atoms with Gasteiger partial charge in [0.15, 0.2) is 0 Å². The zero-order valence-corrected chi connectivity index (χ0v) is 12.0. The van der Waals surface area contributed by atoms with E-state index in [2.05, 4.69) is 35.1 Å². The van der Waals surface area contributed by atoms with Crippen molar-refractivity contribution < 1.29 is 14.3 Å². The lowest BCUT2D eigenvalue weighted by Crippen LogP contribution is -2.30. The lowest BCUT2D eigenvalue weighted by molar-refractivity contribution is 0.0950. The van der Waals surface area contributed by atoms with E-state index in [-0.39, 0.29) is 16.1 Å². The maximum absolute atomic E-state index is 13.0. The van der Waals surface area contributed by atoms with Crippen molar-refractivity contribution in [3.05, 3.63) is 29.6 Å². The predicted octanol–water partition coefficient (Wildman–Crippen LogP) is 3.07. The third-order valence-corrected chi connectivity index (χ3v) is 3.11. The van der Waals surface area contributed by atoms with Crippen LogP contribution in [0, 0.1) is 11.7 Å². The number of halogens is 2. The summed E-state index contributed by atoms with van der Waals surface area (Å²) in [6, 6.07) is 3.30. The molecule has 100 valence electrons. The highest BCUT2D eigenvalue weighted by atomic mass is 79.9. The number of amides is 1. The molecule has 0 aliphatic heterocycles. The Morgan fingerprint density at radius 1 is 1.50 bits per heavy atom. The lowest BCUT2D eigenvalue weighted by atomic mass is 10.1. The van der Waals surface area contributed by atoms with Crippen molar-refractivity contribution in [3.63, 3.8) is 0 Å². The number of hydrogen-bond acceptors (Lipinski definition) is 2. The maximum atomic E-state index is 13.0. The van der Waals surface area contributed by atoms with E-state index in [9.17, 15) is 14.3 Å². The monoisotopic (exact) mass is 317 g/mol. The SMILES string of the molecule is CC(C)CC(Br)CNC(=O)c1cc(F)ccc1O. The van der Waals surface area contributed by atoms with Crippen LogP contribution in [0.2, 0.25) is 0 Å². The van der Waals surface area contributed by atoms with Gasteiger partial charge in [-0.2, -0.15) is 0 Å². The Kier molecular flexibility index (Phi) is 5.59. The summed E-state index contributed by atoms with van der Waals surface area (Å²) >= 11 is 3.46. The van der Waals surface area contributed by atoms with Crippen molar-refractivity contribution in [2.75, 3.05) is 6.54 Å². The van der Waals surface area contributed by atoms with E-state index in [1.54, 1.807) is 0 Å². The average Bonchev–Trinajstić information content (AvgIpc) is 2.28. The Morgan fingerprint density at radius 3 is 2.78 bits per heavy atom. The number of aromatic hydroxyl groups is 1. The van der Waals surface area contributed by atoms with Crippen LogP contribution in [0.4, 0.5) is 4.39 Å². The largest absolute Gasteiger partial charge is 0.507 e. The number of hydrogen-bond donors (Lipinski definition) is 2. The molecule has 1 aromatic rings. The third kappa shape index (κ3) is 4.64. The molecular formula is C13H17BrFNO2. The molecule has 1 rings (SSSR count). The maximum Gasteiger partial charge on any atom is 0.255 e. The van der Waals surface area contributed by atoms with Crippen LogP contribution in [0.3, 0.4) is 0 Å². The Morgan fingerprint density at radius 2 is 2.17 bits per heavy atom. The first-order chi connectivity index (χ1) is 8.40. The summed E-state index contributed by atoms with van der Waals surface area (Å²) in [7, 11) is 0. The van der Waals surface area contributed by atoms with Crippen LogP contribution in [0.1, 0.15) is 30.6 Å². The van der Waals surface area contributed by atoms with Gasteiger partial charge in [0.25, 0.3) is 5.91 Å². The summed E-state index contributed by atoms with van der Waals surface area (Å²) in [4.78, 5) is 11.9. The summed E-state index contributed by atoms with van der Waals surface area (Å²) < 4.78 is 13.0. The van der Waals surface area contributed by atoms with Crippen LogP contribution < -0.4 is 5.32 Å². The zero-order valence-electron chi connectivity index (χ0n) is 10.4. The topological polar surface area (TPSA) is 49.3 Å². The Bertz CT molecular complexity index is 423. The van der Waals surface area contributed by atoms with Crippen molar-refractivity contribution in [3.8, 4) is 5.75 Å². The van der Waals surface area contributed by atoms with Crippen LogP contribution in [-0.2, 0) is 0 Å². The summed E-state index contributed by atoms with van der Waals surface area (Å²) in [6.07, 6.45) is 0.926. The highest BCUT2D eigenvalue weighted by molar-refractivity contribution is 9.09. The smallest absolute Gasteiger partial charge is 0.255 e. The Balaban J connectivity index is 2.58. The van der Waals surface area contributed by atoms with Gasteiger partial charge in [-0.15, -0.1) is 0 Å². The van der Waals surface area contributed by atoms with Gasteiger partial charge in [0.1, 0.15) is 11.6 Å². The minimum Gasteiger partial charge on any atom is -0.507 e. The summed E-state index contributed by atoms with van der Waals surface area (Å²) in [5.41, 5.74) is -0.0424. The van der Waals surface area contributed by atoms with E-state index in [4.69, 9.17) is 0 Å². The van der Waals surface area contributed by atoms with Crippen molar-refractivity contribution in [2.45, 2.75) is 25.1 Å². The molecule has 0 aromatic heterocycles. The minimum atomic E-state index is -0.546. The average molecular weight is 318 g/mol. The van der Waals surface area contributed by atoms with E-state index in [0.717, 1.165) is 18.6 Å². The van der Waals surface area contributed by atoms with Gasteiger partial charge in [0.2, 0.25) is 0 Å². The highest BCUT2D eigenvalue weighted by Gasteiger charge is 2.14. The molecule has 18 heavy (non-hydrogen) atoms. The molecule has 2 N–H and O–H groups in total. The molecule has 0 aliphatic rings. The fraction of sp³-hybridized carbons (Fsp3) is 0.462. The van der Waals surface area contributed by atoms with Gasteiger partial charge >= 0.3 is 0 Å². The van der Waals surface area contributed by atoms with Gasteiger partial charge in [0.05, 0.1) is 5.56 Å². The summed E-state index contributed by atoms with van der Waals surface area (Å²) in [6.45, 7) is 4.62. The second-order valence-corrected chi connectivity index (χ2v) is 5.89. The first-order valence-corrected chi connectivity index (χ1v) is 6.72. The first kappa shape index (κ1) is 15.0. The molecule has 0 fully saturated rings. The molecule has 0 heterocycles. The van der Waals surface area contributed by atoms with E-state index < -0.39 is 11.7 Å². The quantitative estimate of drug-likeness (QED) is 0.820. The van der Waals surface area contributed by atoms with Crippen molar-refractivity contribution in [2.24, 2.45) is 5.92 Å². The molecule has 0 aliphatic carbocycles. The first-order valence-electron chi connectivity index (χ1n) is 5.81. The van der Waals surface area contributed by atoms with Gasteiger partial charge in [-0.1, -0.05) is 29.8 Å². The molecule has 0 bridgehead atoms. The molecule has 1 amide bonds. The van der Waals surface area contributed by atoms with Crippen molar-refractivity contribution in [1.82, 2.24) is 5.32 Å². The number of carbonyl (C=O) groups excluding carboxylic acids is 1. The van der Waals surface area contributed by atoms with E-state index in [1.807, 2.05) is 0 Å². The normalized spacial score (nSPS) is 12.5. The summed E-state index contributed by atoms with van der Waals surface area (Å²) in [5.74, 6) is -0.714. The number of phenolic OH excluding ortho intramolecular Hbond substituents is 1. The van der Waals surface area contributed by atoms with Crippen LogP contribution in [0.15, 0.2) is 18.2 Å². The van der Waals surface area contributed by atoms with E-state index in [0.29, 0.717) is 12.5 Å². The standard InChI is InChI=1S/C13H17BrFNO2/c1-8(2)5-9(14)7-16-13(18)11-6-10(15)3-4-12(11)17/h3-4,6,8-9,17H,5,7H2,1-2H3,(H,16,18). The van der Waals surface area contributed by atoms with Gasteiger partial charge < -0.3 is 10.4 Å². The molecule has 1 aromatic carbocycles. The molecule has 5 heteroatoms. The van der Waals surface area contributed by atoms with Gasteiger partial charge in [-0.25, -0.2) is 4.39 Å². The molecular weight excluding hydrogens is 301 g/mol. The van der Waals surface area contributed by atoms with Crippen LogP contribution >= 0.6 is 15.9 Å². The molecule has 3 nitrogen and oxygen atoms in total. The van der Waals surface area contributed by atoms with Gasteiger partial charge in [-0.05, 0) is 30.5 Å². The molecule has 1 atom stereocenters. The van der Waals surface area contributed by atoms with Crippen LogP contribution in [-0.4, -0.2) is 22.4 Å². The number of alkyl halides is 1. The number of carbonyl (C=O) groups is 1. The van der Waals surface area contributed by atoms with E-state index in [1.165, 1.54) is 6.07 Å². The van der Waals surface area contributed by atoms with Crippen molar-refractivity contribution >= 4 is 21.8 Å². The minimum absolute atomic E-state index is 0.0424. The summed E-state index contributed by atoms with van der Waals surface area (Å²) in [5, 5.41) is 12.1. The van der Waals surface area contributed by atoms with Crippen LogP contribution in [0.5, 0.6) is 5.75 Å². The molecule has 0 radical (unpaired) electrons. The molecule has 0 spiro atoms. The molecule has 1 unspecified atom stereocenters. The van der Waals surface area contributed by atoms with Crippen molar-refractivity contribution in [1.29, 1.82) is 0 Å². The zero-order chi connectivity index (χ0) is 13.7. The molecule has 0 saturated carbocycles. The predicted molar refractivity (Wildman–Crippen MR) is 72.6 cm³/mol. The third-order valence-electron chi connectivity index (χ3n) is 2.41. The number of nitrogens with one attached hydrogen (secondary N) is 1. The molecule has 0 saturated heterocycles. The van der Waals surface area contributed by atoms with Gasteiger partial charge in [0, 0.05) is 11.4 Å². The van der Waals surface area contributed by atoms with Gasteiger partial charge in [-0.3, -0.25) is 4.79 Å². The number of benzene rings is 1. The number of rotatable bonds is 5. The Hall–Kier alpha value is -1.10.